The van der Waals surface area contributed by atoms with Crippen LogP contribution in [0.1, 0.15) is 0 Å². The van der Waals surface area contributed by atoms with Crippen molar-refractivity contribution in [2.75, 3.05) is 6.26 Å². The Labute approximate surface area is 132 Å². The average molecular weight is 375 g/mol. The summed E-state index contributed by atoms with van der Waals surface area (Å²) in [5, 5.41) is 0.619. The van der Waals surface area contributed by atoms with E-state index in [1.54, 1.807) is 0 Å². The van der Waals surface area contributed by atoms with Crippen LogP contribution in [0.3, 0.4) is 0 Å². The predicted molar refractivity (Wildman–Crippen MR) is 82.0 cm³/mol. The van der Waals surface area contributed by atoms with Crippen LogP contribution >= 0.6 is 55.5 Å². The zero-order valence-electron chi connectivity index (χ0n) is 9.35. The highest BCUT2D eigenvalue weighted by molar-refractivity contribution is 7.90. The molecule has 0 spiro atoms. The number of benzene rings is 1. The molecule has 0 N–H and O–H groups in total. The lowest BCUT2D eigenvalue weighted by molar-refractivity contribution is 0.602. The fourth-order valence-corrected chi connectivity index (χ4v) is 4.90. The van der Waals surface area contributed by atoms with Crippen LogP contribution in [-0.2, 0) is 9.84 Å². The molecule has 2 rings (SSSR count). The van der Waals surface area contributed by atoms with E-state index < -0.39 is 9.84 Å². The molecule has 0 saturated carbocycles. The van der Waals surface area contributed by atoms with Gasteiger partial charge in [0.05, 0.1) is 15.6 Å². The summed E-state index contributed by atoms with van der Waals surface area (Å²) in [5.41, 5.74) is 0.446. The molecular formula is C10H6Cl3NO2S3. The van der Waals surface area contributed by atoms with Gasteiger partial charge in [0.25, 0.3) is 0 Å². The lowest BCUT2D eigenvalue weighted by Gasteiger charge is -2.01. The number of hydrogen-bond donors (Lipinski definition) is 0. The number of nitrogens with zero attached hydrogens (tertiary/aromatic N) is 1. The molecule has 1 heterocycles. The Bertz CT molecular complexity index is 793. The van der Waals surface area contributed by atoms with Gasteiger partial charge >= 0.3 is 0 Å². The second-order valence-electron chi connectivity index (χ2n) is 3.56. The minimum absolute atomic E-state index is 0.148. The van der Waals surface area contributed by atoms with Gasteiger partial charge in [-0.15, -0.1) is 0 Å². The first kappa shape index (κ1) is 15.3. The van der Waals surface area contributed by atoms with Gasteiger partial charge in [0.15, 0.2) is 9.84 Å². The van der Waals surface area contributed by atoms with Gasteiger partial charge in [-0.25, -0.2) is 13.4 Å². The van der Waals surface area contributed by atoms with Gasteiger partial charge in [-0.3, -0.25) is 0 Å². The van der Waals surface area contributed by atoms with Gasteiger partial charge in [-0.1, -0.05) is 55.5 Å². The van der Waals surface area contributed by atoms with E-state index in [9.17, 15) is 8.42 Å². The van der Waals surface area contributed by atoms with Crippen LogP contribution in [-0.4, -0.2) is 14.7 Å². The third kappa shape index (κ3) is 3.51. The van der Waals surface area contributed by atoms with Crippen LogP contribution in [0.2, 0.25) is 14.4 Å². The van der Waals surface area contributed by atoms with Crippen LogP contribution < -0.4 is 4.67 Å². The van der Waals surface area contributed by atoms with Crippen molar-refractivity contribution in [3.8, 4) is 0 Å². The lowest BCUT2D eigenvalue weighted by atomic mass is 10.3. The van der Waals surface area contributed by atoms with Crippen molar-refractivity contribution in [1.82, 2.24) is 0 Å². The zero-order valence-corrected chi connectivity index (χ0v) is 14.1. The molecule has 1 aromatic carbocycles. The molecule has 9 heteroatoms. The largest absolute Gasteiger partial charge is 0.234 e. The third-order valence-electron chi connectivity index (χ3n) is 2.12. The summed E-state index contributed by atoms with van der Waals surface area (Å²) in [4.78, 5) is 4.42. The Kier molecular flexibility index (Phi) is 4.59. The number of rotatable bonds is 2. The minimum Gasteiger partial charge on any atom is -0.234 e. The second-order valence-corrected chi connectivity index (χ2v) is 9.09. The maximum atomic E-state index is 11.4. The molecule has 0 radical (unpaired) electrons. The Hall–Kier alpha value is -0.110. The highest BCUT2D eigenvalue weighted by Crippen LogP contribution is 2.30. The normalized spacial score (nSPS) is 12.9. The summed E-state index contributed by atoms with van der Waals surface area (Å²) < 4.78 is 23.8. The molecule has 1 aromatic heterocycles. The molecule has 0 aliphatic rings. The Morgan fingerprint density at radius 3 is 2.32 bits per heavy atom. The zero-order chi connectivity index (χ0) is 14.2. The highest BCUT2D eigenvalue weighted by atomic mass is 35.5. The molecule has 0 atom stereocenters. The summed E-state index contributed by atoms with van der Waals surface area (Å²) in [6.45, 7) is 0. The van der Waals surface area contributed by atoms with Crippen LogP contribution in [0.25, 0.3) is 0 Å². The molecule has 0 aliphatic heterocycles. The van der Waals surface area contributed by atoms with Crippen molar-refractivity contribution < 1.29 is 8.42 Å². The molecule has 0 unspecified atom stereocenters. The topological polar surface area (TPSA) is 46.5 Å². The van der Waals surface area contributed by atoms with E-state index in [0.717, 1.165) is 6.26 Å². The summed E-state index contributed by atoms with van der Waals surface area (Å²) in [5.74, 6) is 0. The van der Waals surface area contributed by atoms with Gasteiger partial charge in [0, 0.05) is 6.26 Å². The molecule has 0 fully saturated rings. The van der Waals surface area contributed by atoms with Gasteiger partial charge in [-0.05, 0) is 18.2 Å². The quantitative estimate of drug-likeness (QED) is 0.731. The maximum Gasteiger partial charge on any atom is 0.175 e. The van der Waals surface area contributed by atoms with E-state index in [-0.39, 0.29) is 9.92 Å². The maximum absolute atomic E-state index is 11.4. The Morgan fingerprint density at radius 1 is 1.16 bits per heavy atom. The Balaban J connectivity index is 2.55. The van der Waals surface area contributed by atoms with Crippen molar-refractivity contribution in [2.45, 2.75) is 4.90 Å². The van der Waals surface area contributed by atoms with Crippen molar-refractivity contribution in [3.63, 3.8) is 0 Å². The van der Waals surface area contributed by atoms with Gasteiger partial charge in [-0.2, -0.15) is 0 Å². The smallest absolute Gasteiger partial charge is 0.175 e. The van der Waals surface area contributed by atoms with Crippen molar-refractivity contribution >= 4 is 71.0 Å². The summed E-state index contributed by atoms with van der Waals surface area (Å²) in [6, 6.07) is 4.35. The van der Waals surface area contributed by atoms with Gasteiger partial charge in [0.2, 0.25) is 0 Å². The molecule has 0 aliphatic carbocycles. The fourth-order valence-electron chi connectivity index (χ4n) is 1.22. The van der Waals surface area contributed by atoms with Crippen molar-refractivity contribution in [3.05, 3.63) is 37.3 Å². The first-order valence-corrected chi connectivity index (χ1v) is 9.95. The van der Waals surface area contributed by atoms with E-state index in [0.29, 0.717) is 19.7 Å². The van der Waals surface area contributed by atoms with E-state index in [2.05, 4.69) is 4.99 Å². The highest BCUT2D eigenvalue weighted by Gasteiger charge is 2.10. The first-order valence-electron chi connectivity index (χ1n) is 4.77. The fraction of sp³-hybridized carbons (Fsp3) is 0.100. The van der Waals surface area contributed by atoms with Crippen LogP contribution in [0, 0.1) is 0 Å². The average Bonchev–Trinajstić information content (AvgIpc) is 2.62. The van der Waals surface area contributed by atoms with E-state index in [4.69, 9.17) is 34.8 Å². The monoisotopic (exact) mass is 373 g/mol. The molecule has 0 saturated heterocycles. The minimum atomic E-state index is -3.29. The van der Waals surface area contributed by atoms with Crippen molar-refractivity contribution in [1.29, 1.82) is 0 Å². The van der Waals surface area contributed by atoms with E-state index in [1.165, 1.54) is 38.9 Å². The molecule has 0 amide bonds. The third-order valence-corrected chi connectivity index (χ3v) is 7.03. The molecular weight excluding hydrogens is 369 g/mol. The van der Waals surface area contributed by atoms with Crippen LogP contribution in [0.15, 0.2) is 28.1 Å². The molecule has 2 aromatic rings. The Morgan fingerprint density at radius 2 is 1.84 bits per heavy atom. The summed E-state index contributed by atoms with van der Waals surface area (Å²) in [7, 11) is -0.658. The predicted octanol–water partition coefficient (Wildman–Crippen LogP) is 4.41. The van der Waals surface area contributed by atoms with Crippen LogP contribution in [0.4, 0.5) is 5.69 Å². The molecule has 19 heavy (non-hydrogen) atoms. The first-order chi connectivity index (χ1) is 8.79. The number of hydrogen-bond acceptors (Lipinski definition) is 5. The standard InChI is InChI=1S/C10H6Cl3NO2S3/c1-19(15,16)5-2-3-7(6(11)4-5)14-10-8(12)9(13)17-18-10/h2-4H,1H3. The van der Waals surface area contributed by atoms with Crippen molar-refractivity contribution in [2.24, 2.45) is 4.99 Å². The molecule has 0 bridgehead atoms. The van der Waals surface area contributed by atoms with E-state index >= 15 is 0 Å². The lowest BCUT2D eigenvalue weighted by Crippen LogP contribution is -1.97. The summed E-state index contributed by atoms with van der Waals surface area (Å²) >= 11 is 17.8. The number of sulfone groups is 1. The summed E-state index contributed by atoms with van der Waals surface area (Å²) in [6.07, 6.45) is 1.12. The second kappa shape index (κ2) is 5.71. The number of halogens is 3. The van der Waals surface area contributed by atoms with E-state index in [1.807, 2.05) is 0 Å². The molecule has 102 valence electrons. The van der Waals surface area contributed by atoms with Gasteiger partial charge in [0.1, 0.15) is 14.0 Å². The SMILES string of the molecule is CS(=O)(=O)c1ccc(N=c2ssc(Cl)c2Cl)c(Cl)c1. The van der Waals surface area contributed by atoms with Crippen LogP contribution in [0.5, 0.6) is 0 Å². The van der Waals surface area contributed by atoms with Gasteiger partial charge < -0.3 is 0 Å². The molecule has 3 nitrogen and oxygen atoms in total.